The van der Waals surface area contributed by atoms with Gasteiger partial charge in [-0.15, -0.1) is 11.8 Å². The molecule has 106 valence electrons. The van der Waals surface area contributed by atoms with E-state index in [1.54, 1.807) is 11.8 Å². The molecular formula is C16H20N2OS. The number of thioether (sulfide) groups is 1. The van der Waals surface area contributed by atoms with Crippen LogP contribution in [0.25, 0.3) is 0 Å². The Kier molecular flexibility index (Phi) is 5.49. The van der Waals surface area contributed by atoms with Crippen molar-refractivity contribution in [3.05, 3.63) is 24.3 Å². The number of anilines is 1. The highest BCUT2D eigenvalue weighted by molar-refractivity contribution is 7.99. The first kappa shape index (κ1) is 14.9. The predicted octanol–water partition coefficient (Wildman–Crippen LogP) is 4.07. The van der Waals surface area contributed by atoms with Crippen molar-refractivity contribution < 1.29 is 4.79 Å². The number of amides is 1. The maximum absolute atomic E-state index is 12.2. The van der Waals surface area contributed by atoms with Crippen LogP contribution < -0.4 is 5.32 Å². The molecule has 0 unspecified atom stereocenters. The number of nitriles is 1. The molecule has 1 aliphatic rings. The lowest BCUT2D eigenvalue weighted by atomic mass is 10.1. The van der Waals surface area contributed by atoms with E-state index < -0.39 is 0 Å². The molecule has 0 aliphatic heterocycles. The smallest absolute Gasteiger partial charge is 0.227 e. The van der Waals surface area contributed by atoms with Crippen LogP contribution in [0.5, 0.6) is 0 Å². The predicted molar refractivity (Wildman–Crippen MR) is 82.5 cm³/mol. The zero-order valence-corrected chi connectivity index (χ0v) is 12.6. The van der Waals surface area contributed by atoms with Gasteiger partial charge in [-0.05, 0) is 31.9 Å². The van der Waals surface area contributed by atoms with Gasteiger partial charge in [0.05, 0.1) is 17.7 Å². The summed E-state index contributed by atoms with van der Waals surface area (Å²) in [6, 6.07) is 10.1. The van der Waals surface area contributed by atoms with Crippen LogP contribution in [-0.2, 0) is 4.79 Å². The summed E-state index contributed by atoms with van der Waals surface area (Å²) in [5.74, 6) is 1.07. The molecule has 4 heteroatoms. The van der Waals surface area contributed by atoms with Crippen molar-refractivity contribution in [2.75, 3.05) is 11.1 Å². The molecule has 2 rings (SSSR count). The maximum atomic E-state index is 12.2. The SMILES string of the molecule is C[C@H](C#N)CSc1ccccc1NC(=O)C1CCCC1. The van der Waals surface area contributed by atoms with Gasteiger partial charge in [0.25, 0.3) is 0 Å². The van der Waals surface area contributed by atoms with Crippen molar-refractivity contribution in [2.45, 2.75) is 37.5 Å². The third-order valence-electron chi connectivity index (χ3n) is 3.58. The second-order valence-corrected chi connectivity index (χ2v) is 6.37. The molecule has 1 fully saturated rings. The molecule has 20 heavy (non-hydrogen) atoms. The van der Waals surface area contributed by atoms with E-state index in [4.69, 9.17) is 5.26 Å². The zero-order chi connectivity index (χ0) is 14.4. The van der Waals surface area contributed by atoms with Gasteiger partial charge in [0, 0.05) is 16.6 Å². The average Bonchev–Trinajstić information content (AvgIpc) is 3.00. The van der Waals surface area contributed by atoms with E-state index in [0.717, 1.165) is 42.0 Å². The number of nitrogens with zero attached hydrogens (tertiary/aromatic N) is 1. The topological polar surface area (TPSA) is 52.9 Å². The lowest BCUT2D eigenvalue weighted by Crippen LogP contribution is -2.20. The van der Waals surface area contributed by atoms with E-state index in [1.807, 2.05) is 31.2 Å². The fraction of sp³-hybridized carbons (Fsp3) is 0.500. The van der Waals surface area contributed by atoms with Gasteiger partial charge < -0.3 is 5.32 Å². The van der Waals surface area contributed by atoms with Crippen LogP contribution in [0.1, 0.15) is 32.6 Å². The number of carbonyl (C=O) groups is 1. The first-order chi connectivity index (χ1) is 9.70. The second-order valence-electron chi connectivity index (χ2n) is 5.31. The minimum Gasteiger partial charge on any atom is -0.325 e. The van der Waals surface area contributed by atoms with E-state index in [1.165, 1.54) is 0 Å². The standard InChI is InChI=1S/C16H20N2OS/c1-12(10-17)11-20-15-9-5-4-8-14(15)18-16(19)13-6-2-3-7-13/h4-5,8-9,12-13H,2-3,6-7,11H2,1H3,(H,18,19)/t12-/m1/s1. The molecule has 0 saturated heterocycles. The molecule has 0 bridgehead atoms. The van der Waals surface area contributed by atoms with Gasteiger partial charge >= 0.3 is 0 Å². The highest BCUT2D eigenvalue weighted by atomic mass is 32.2. The lowest BCUT2D eigenvalue weighted by molar-refractivity contribution is -0.119. The third kappa shape index (κ3) is 4.01. The summed E-state index contributed by atoms with van der Waals surface area (Å²) in [6.45, 7) is 1.91. The number of hydrogen-bond acceptors (Lipinski definition) is 3. The molecule has 1 atom stereocenters. The quantitative estimate of drug-likeness (QED) is 0.831. The molecular weight excluding hydrogens is 268 g/mol. The molecule has 1 aromatic rings. The fourth-order valence-corrected chi connectivity index (χ4v) is 3.32. The summed E-state index contributed by atoms with van der Waals surface area (Å²) >= 11 is 1.63. The summed E-state index contributed by atoms with van der Waals surface area (Å²) < 4.78 is 0. The number of rotatable bonds is 5. The van der Waals surface area contributed by atoms with Crippen molar-refractivity contribution in [1.82, 2.24) is 0 Å². The van der Waals surface area contributed by atoms with Crippen LogP contribution in [0.3, 0.4) is 0 Å². The van der Waals surface area contributed by atoms with Crippen molar-refractivity contribution >= 4 is 23.4 Å². The maximum Gasteiger partial charge on any atom is 0.227 e. The molecule has 1 aromatic carbocycles. The molecule has 1 aliphatic carbocycles. The lowest BCUT2D eigenvalue weighted by Gasteiger charge is -2.14. The Labute approximate surface area is 124 Å². The van der Waals surface area contributed by atoms with E-state index in [2.05, 4.69) is 11.4 Å². The minimum absolute atomic E-state index is 0.0126. The average molecular weight is 288 g/mol. The van der Waals surface area contributed by atoms with Gasteiger partial charge in [-0.1, -0.05) is 25.0 Å². The normalized spacial score (nSPS) is 16.6. The molecule has 3 nitrogen and oxygen atoms in total. The van der Waals surface area contributed by atoms with Crippen LogP contribution in [0.2, 0.25) is 0 Å². The molecule has 0 aromatic heterocycles. The van der Waals surface area contributed by atoms with Crippen molar-refractivity contribution in [1.29, 1.82) is 5.26 Å². The Morgan fingerprint density at radius 1 is 1.45 bits per heavy atom. The van der Waals surface area contributed by atoms with Gasteiger partial charge in [-0.3, -0.25) is 4.79 Å². The van der Waals surface area contributed by atoms with Crippen molar-refractivity contribution in [3.8, 4) is 6.07 Å². The zero-order valence-electron chi connectivity index (χ0n) is 11.8. The molecule has 1 saturated carbocycles. The number of nitrogens with one attached hydrogen (secondary N) is 1. The second kappa shape index (κ2) is 7.35. The Hall–Kier alpha value is -1.47. The molecule has 0 spiro atoms. The van der Waals surface area contributed by atoms with Crippen LogP contribution >= 0.6 is 11.8 Å². The number of para-hydroxylation sites is 1. The van der Waals surface area contributed by atoms with Crippen LogP contribution in [0.4, 0.5) is 5.69 Å². The molecule has 0 heterocycles. The first-order valence-electron chi connectivity index (χ1n) is 7.13. The Morgan fingerprint density at radius 2 is 2.15 bits per heavy atom. The van der Waals surface area contributed by atoms with Gasteiger partial charge in [0.15, 0.2) is 0 Å². The van der Waals surface area contributed by atoms with Crippen LogP contribution in [-0.4, -0.2) is 11.7 Å². The summed E-state index contributed by atoms with van der Waals surface area (Å²) in [5, 5.41) is 11.9. The van der Waals surface area contributed by atoms with Gasteiger partial charge in [-0.2, -0.15) is 5.26 Å². The highest BCUT2D eigenvalue weighted by Crippen LogP contribution is 2.31. The minimum atomic E-state index is 0.0126. The van der Waals surface area contributed by atoms with Gasteiger partial charge in [0.2, 0.25) is 5.91 Å². The largest absolute Gasteiger partial charge is 0.325 e. The molecule has 1 N–H and O–H groups in total. The molecule has 0 radical (unpaired) electrons. The van der Waals surface area contributed by atoms with Crippen LogP contribution in [0, 0.1) is 23.2 Å². The van der Waals surface area contributed by atoms with Gasteiger partial charge in [0.1, 0.15) is 0 Å². The fourth-order valence-electron chi connectivity index (χ4n) is 2.37. The highest BCUT2D eigenvalue weighted by Gasteiger charge is 2.23. The van der Waals surface area contributed by atoms with Crippen LogP contribution in [0.15, 0.2) is 29.2 Å². The Balaban J connectivity index is 2.00. The number of benzene rings is 1. The summed E-state index contributed by atoms with van der Waals surface area (Å²) in [4.78, 5) is 13.2. The van der Waals surface area contributed by atoms with E-state index in [9.17, 15) is 4.79 Å². The Morgan fingerprint density at radius 3 is 2.85 bits per heavy atom. The van der Waals surface area contributed by atoms with Crippen molar-refractivity contribution in [3.63, 3.8) is 0 Å². The van der Waals surface area contributed by atoms with E-state index in [-0.39, 0.29) is 17.7 Å². The summed E-state index contributed by atoms with van der Waals surface area (Å²) in [5.41, 5.74) is 0.875. The number of carbonyl (C=O) groups excluding carboxylic acids is 1. The number of hydrogen-bond donors (Lipinski definition) is 1. The monoisotopic (exact) mass is 288 g/mol. The first-order valence-corrected chi connectivity index (χ1v) is 8.11. The summed E-state index contributed by atoms with van der Waals surface area (Å²) in [7, 11) is 0. The summed E-state index contributed by atoms with van der Waals surface area (Å²) in [6.07, 6.45) is 4.33. The molecule has 1 amide bonds. The van der Waals surface area contributed by atoms with Gasteiger partial charge in [-0.25, -0.2) is 0 Å². The van der Waals surface area contributed by atoms with E-state index >= 15 is 0 Å². The van der Waals surface area contributed by atoms with Crippen molar-refractivity contribution in [2.24, 2.45) is 11.8 Å². The third-order valence-corrected chi connectivity index (χ3v) is 4.91. The Bertz CT molecular complexity index is 503. The van der Waals surface area contributed by atoms with E-state index in [0.29, 0.717) is 0 Å².